The van der Waals surface area contributed by atoms with Crippen LogP contribution in [0, 0.1) is 5.92 Å². The number of sulfone groups is 1. The van der Waals surface area contributed by atoms with Gasteiger partial charge in [-0.05, 0) is 41.5 Å². The third-order valence-corrected chi connectivity index (χ3v) is 9.74. The van der Waals surface area contributed by atoms with Crippen molar-refractivity contribution in [2.24, 2.45) is 11.7 Å². The Morgan fingerprint density at radius 3 is 2.55 bits per heavy atom. The number of rotatable bonds is 9. The van der Waals surface area contributed by atoms with Gasteiger partial charge >= 0.3 is 0 Å². The van der Waals surface area contributed by atoms with E-state index >= 15 is 0 Å². The van der Waals surface area contributed by atoms with Crippen molar-refractivity contribution in [3.05, 3.63) is 42.2 Å². The molecule has 0 bridgehead atoms. The molecule has 0 unspecified atom stereocenters. The fraction of sp³-hybridized carbons (Fsp3) is 0.536. The van der Waals surface area contributed by atoms with Gasteiger partial charge in [-0.15, -0.1) is 0 Å². The largest absolute Gasteiger partial charge is 0.378 e. The van der Waals surface area contributed by atoms with E-state index in [9.17, 15) is 12.8 Å². The average Bonchev–Trinajstić information content (AvgIpc) is 2.89. The molecule has 2 fully saturated rings. The number of aromatic nitrogens is 3. The second-order valence-electron chi connectivity index (χ2n) is 11.1. The molecule has 0 aliphatic carbocycles. The number of anilines is 4. The van der Waals surface area contributed by atoms with Gasteiger partial charge in [-0.3, -0.25) is 0 Å². The Balaban J connectivity index is 1.38. The van der Waals surface area contributed by atoms with Crippen LogP contribution in [0.5, 0.6) is 0 Å². The zero-order chi connectivity index (χ0) is 28.6. The molecule has 1 aromatic carbocycles. The molecule has 12 heteroatoms. The second kappa shape index (κ2) is 11.4. The predicted octanol–water partition coefficient (Wildman–Crippen LogP) is 3.26. The Hall–Kier alpha value is -3.09. The molecule has 0 saturated carbocycles. The van der Waals surface area contributed by atoms with Crippen LogP contribution in [-0.2, 0) is 14.6 Å². The van der Waals surface area contributed by atoms with Gasteiger partial charge in [-0.2, -0.15) is 4.98 Å². The minimum Gasteiger partial charge on any atom is -0.378 e. The minimum atomic E-state index is -3.20. The summed E-state index contributed by atoms with van der Waals surface area (Å²) in [5.41, 5.74) is 8.02. The van der Waals surface area contributed by atoms with E-state index in [1.165, 1.54) is 18.9 Å². The lowest BCUT2D eigenvalue weighted by Gasteiger charge is -2.44. The van der Waals surface area contributed by atoms with Gasteiger partial charge in [0.1, 0.15) is 17.8 Å². The Morgan fingerprint density at radius 2 is 1.90 bits per heavy atom. The summed E-state index contributed by atoms with van der Waals surface area (Å²) in [7, 11) is -1.67. The van der Waals surface area contributed by atoms with Gasteiger partial charge in [0, 0.05) is 68.9 Å². The summed E-state index contributed by atoms with van der Waals surface area (Å²) in [6, 6.07) is 8.02. The van der Waals surface area contributed by atoms with E-state index in [-0.39, 0.29) is 24.9 Å². The SMILES string of the molecule is CO[C@@H]1CCN(c2nccc(Nc3cc4c(C(C)C)ccc(N5CC([C@H](CN)S(C)(=O)=O)C5)c4cn3)n2)C[C@@H]1F. The number of hydrogen-bond acceptors (Lipinski definition) is 10. The van der Waals surface area contributed by atoms with Crippen molar-refractivity contribution in [3.63, 3.8) is 0 Å². The van der Waals surface area contributed by atoms with Crippen LogP contribution < -0.4 is 20.9 Å². The van der Waals surface area contributed by atoms with Crippen LogP contribution in [0.1, 0.15) is 31.7 Å². The van der Waals surface area contributed by atoms with Gasteiger partial charge < -0.3 is 25.6 Å². The number of hydrogen-bond donors (Lipinski definition) is 2. The topological polar surface area (TPSA) is 127 Å². The maximum atomic E-state index is 14.4. The monoisotopic (exact) mass is 571 g/mol. The Labute approximate surface area is 235 Å². The van der Waals surface area contributed by atoms with Crippen LogP contribution in [0.4, 0.5) is 27.7 Å². The minimum absolute atomic E-state index is 0.00801. The Bertz CT molecular complexity index is 1470. The van der Waals surface area contributed by atoms with Gasteiger partial charge in [0.25, 0.3) is 0 Å². The first-order valence-electron chi connectivity index (χ1n) is 13.7. The Kier molecular flexibility index (Phi) is 8.12. The third kappa shape index (κ3) is 5.70. The van der Waals surface area contributed by atoms with Crippen molar-refractivity contribution in [2.75, 3.05) is 61.2 Å². The van der Waals surface area contributed by atoms with Crippen molar-refractivity contribution in [2.45, 2.75) is 43.7 Å². The highest BCUT2D eigenvalue weighted by atomic mass is 32.2. The third-order valence-electron chi connectivity index (χ3n) is 8.06. The molecule has 3 N–H and O–H groups in total. The lowest BCUT2D eigenvalue weighted by atomic mass is 9.91. The number of piperidine rings is 1. The van der Waals surface area contributed by atoms with Crippen LogP contribution in [-0.4, -0.2) is 87.0 Å². The molecule has 40 heavy (non-hydrogen) atoms. The first kappa shape index (κ1) is 28.4. The zero-order valence-corrected chi connectivity index (χ0v) is 24.2. The molecular weight excluding hydrogens is 533 g/mol. The molecule has 216 valence electrons. The van der Waals surface area contributed by atoms with Gasteiger partial charge in [0.2, 0.25) is 5.95 Å². The fourth-order valence-electron chi connectivity index (χ4n) is 5.79. The summed E-state index contributed by atoms with van der Waals surface area (Å²) < 4.78 is 44.0. The van der Waals surface area contributed by atoms with Crippen molar-refractivity contribution >= 4 is 43.9 Å². The van der Waals surface area contributed by atoms with Crippen LogP contribution in [0.15, 0.2) is 36.7 Å². The number of methoxy groups -OCH3 is 1. The van der Waals surface area contributed by atoms with E-state index in [2.05, 4.69) is 51.1 Å². The molecule has 3 atom stereocenters. The highest BCUT2D eigenvalue weighted by Gasteiger charge is 2.38. The number of pyridine rings is 1. The van der Waals surface area contributed by atoms with E-state index in [4.69, 9.17) is 10.5 Å². The number of nitrogens with two attached hydrogens (primary N) is 1. The molecule has 5 rings (SSSR count). The van der Waals surface area contributed by atoms with E-state index < -0.39 is 27.4 Å². The van der Waals surface area contributed by atoms with E-state index in [1.807, 2.05) is 17.2 Å². The van der Waals surface area contributed by atoms with Crippen molar-refractivity contribution < 1.29 is 17.5 Å². The standard InChI is InChI=1S/C28H38FN7O3S/c1-17(2)19-5-6-23(36-14-18(15-36)25(12-30)40(4,37)38)21-13-32-27(11-20(19)21)33-26-7-9-31-28(34-26)35-10-8-24(39-3)22(29)16-35/h5-7,9,11,13,17-18,22,24-25H,8,10,12,14-16,30H2,1-4H3,(H,31,32,33,34)/t22-,24+,25-/m0/s1. The summed E-state index contributed by atoms with van der Waals surface area (Å²) in [6.07, 6.45) is 3.85. The number of halogens is 1. The molecule has 4 heterocycles. The molecule has 2 aliphatic heterocycles. The highest BCUT2D eigenvalue weighted by Crippen LogP contribution is 2.38. The first-order valence-corrected chi connectivity index (χ1v) is 15.6. The van der Waals surface area contributed by atoms with Gasteiger partial charge in [0.05, 0.1) is 17.9 Å². The van der Waals surface area contributed by atoms with Crippen molar-refractivity contribution in [3.8, 4) is 0 Å². The van der Waals surface area contributed by atoms with Crippen molar-refractivity contribution in [1.29, 1.82) is 0 Å². The molecule has 10 nitrogen and oxygen atoms in total. The van der Waals surface area contributed by atoms with E-state index in [0.29, 0.717) is 43.6 Å². The van der Waals surface area contributed by atoms with Gasteiger partial charge in [-0.1, -0.05) is 19.9 Å². The molecule has 2 saturated heterocycles. The molecule has 0 amide bonds. The highest BCUT2D eigenvalue weighted by molar-refractivity contribution is 7.91. The molecule has 0 spiro atoms. The number of alkyl halides is 1. The average molecular weight is 572 g/mol. The fourth-order valence-corrected chi connectivity index (χ4v) is 7.01. The maximum absolute atomic E-state index is 14.4. The lowest BCUT2D eigenvalue weighted by molar-refractivity contribution is 0.0194. The molecular formula is C28H38FN7O3S. The normalized spacial score (nSPS) is 21.1. The summed E-state index contributed by atoms with van der Waals surface area (Å²) in [4.78, 5) is 17.7. The molecule has 3 aromatic rings. The first-order chi connectivity index (χ1) is 19.1. The summed E-state index contributed by atoms with van der Waals surface area (Å²) in [5.74, 6) is 1.97. The number of nitrogens with zero attached hydrogens (tertiary/aromatic N) is 5. The summed E-state index contributed by atoms with van der Waals surface area (Å²) in [6.45, 7) is 6.51. The van der Waals surface area contributed by atoms with Crippen LogP contribution in [0.2, 0.25) is 0 Å². The maximum Gasteiger partial charge on any atom is 0.227 e. The van der Waals surface area contributed by atoms with Crippen LogP contribution >= 0.6 is 0 Å². The van der Waals surface area contributed by atoms with Crippen molar-refractivity contribution in [1.82, 2.24) is 15.0 Å². The quantitative estimate of drug-likeness (QED) is 0.395. The molecule has 2 aliphatic rings. The van der Waals surface area contributed by atoms with Crippen LogP contribution in [0.3, 0.4) is 0 Å². The van der Waals surface area contributed by atoms with E-state index in [1.54, 1.807) is 12.3 Å². The number of nitrogens with one attached hydrogen (secondary N) is 1. The number of ether oxygens (including phenoxy) is 1. The second-order valence-corrected chi connectivity index (χ2v) is 13.4. The summed E-state index contributed by atoms with van der Waals surface area (Å²) in [5, 5.41) is 4.85. The van der Waals surface area contributed by atoms with Gasteiger partial charge in [0.15, 0.2) is 9.84 Å². The number of fused-ring (bicyclic) bond motifs is 1. The predicted molar refractivity (Wildman–Crippen MR) is 157 cm³/mol. The number of benzene rings is 1. The zero-order valence-electron chi connectivity index (χ0n) is 23.4. The van der Waals surface area contributed by atoms with E-state index in [0.717, 1.165) is 16.5 Å². The smallest absolute Gasteiger partial charge is 0.227 e. The molecule has 2 aromatic heterocycles. The summed E-state index contributed by atoms with van der Waals surface area (Å²) >= 11 is 0. The molecule has 0 radical (unpaired) electrons. The van der Waals surface area contributed by atoms with Crippen LogP contribution in [0.25, 0.3) is 10.8 Å². The Morgan fingerprint density at radius 1 is 1.12 bits per heavy atom. The van der Waals surface area contributed by atoms with Gasteiger partial charge in [-0.25, -0.2) is 22.8 Å². The lowest BCUT2D eigenvalue weighted by Crippen LogP contribution is -2.55.